The van der Waals surface area contributed by atoms with Gasteiger partial charge >= 0.3 is 0 Å². The van der Waals surface area contributed by atoms with Crippen molar-refractivity contribution in [2.75, 3.05) is 26.4 Å². The van der Waals surface area contributed by atoms with Crippen LogP contribution in [-0.2, 0) is 4.79 Å². The molecule has 0 aliphatic carbocycles. The Labute approximate surface area is 153 Å². The van der Waals surface area contributed by atoms with Gasteiger partial charge in [-0.05, 0) is 67.9 Å². The molecule has 0 radical (unpaired) electrons. The molecule has 2 fully saturated rings. The average Bonchev–Trinajstić information content (AvgIpc) is 2.89. The molecule has 6 heteroatoms. The van der Waals surface area contributed by atoms with Gasteiger partial charge in [-0.15, -0.1) is 0 Å². The first-order valence-corrected chi connectivity index (χ1v) is 9.69. The molecule has 2 aliphatic heterocycles. The monoisotopic (exact) mass is 360 g/mol. The van der Waals surface area contributed by atoms with Gasteiger partial charge in [0.1, 0.15) is 5.75 Å². The number of nitrogens with zero attached hydrogens (tertiary/aromatic N) is 2. The van der Waals surface area contributed by atoms with Crippen LogP contribution in [-0.4, -0.2) is 47.3 Å². The molecule has 0 saturated carbocycles. The molecular weight excluding hydrogens is 336 g/mol. The van der Waals surface area contributed by atoms with Gasteiger partial charge in [0.25, 0.3) is 11.1 Å². The fraction of sp³-hybridized carbons (Fsp3) is 0.474. The highest BCUT2D eigenvalue weighted by atomic mass is 32.2. The summed E-state index contributed by atoms with van der Waals surface area (Å²) in [4.78, 5) is 28.8. The predicted molar refractivity (Wildman–Crippen MR) is 100 cm³/mol. The highest BCUT2D eigenvalue weighted by molar-refractivity contribution is 8.18. The Balaban J connectivity index is 1.65. The highest BCUT2D eigenvalue weighted by Crippen LogP contribution is 2.32. The van der Waals surface area contributed by atoms with E-state index in [2.05, 4.69) is 11.8 Å². The van der Waals surface area contributed by atoms with E-state index in [0.29, 0.717) is 18.2 Å². The number of likely N-dealkylation sites (tertiary alicyclic amines) is 1. The number of hydrogen-bond donors (Lipinski definition) is 0. The first-order valence-electron chi connectivity index (χ1n) is 8.88. The lowest BCUT2D eigenvalue weighted by molar-refractivity contribution is -0.124. The van der Waals surface area contributed by atoms with Crippen molar-refractivity contribution in [3.63, 3.8) is 0 Å². The molecule has 2 aliphatic rings. The minimum atomic E-state index is -0.188. The number of carbonyl (C=O) groups is 2. The SMILES string of the molecule is CCCOc1ccc(/C=C2/SC(=O)N(CN3CCCCC3)C2=O)cc1. The number of imide groups is 1. The van der Waals surface area contributed by atoms with E-state index in [0.717, 1.165) is 55.4 Å². The Morgan fingerprint density at radius 3 is 2.52 bits per heavy atom. The topological polar surface area (TPSA) is 49.9 Å². The Morgan fingerprint density at radius 2 is 1.84 bits per heavy atom. The third-order valence-electron chi connectivity index (χ3n) is 4.31. The standard InChI is InChI=1S/C19H24N2O3S/c1-2-12-24-16-8-6-15(7-9-16)13-17-18(22)21(19(23)25-17)14-20-10-4-3-5-11-20/h6-9,13H,2-5,10-12,14H2,1H3/b17-13+. The number of piperidine rings is 1. The Morgan fingerprint density at radius 1 is 1.12 bits per heavy atom. The van der Waals surface area contributed by atoms with E-state index in [-0.39, 0.29) is 11.1 Å². The summed E-state index contributed by atoms with van der Waals surface area (Å²) >= 11 is 1.02. The van der Waals surface area contributed by atoms with Crippen molar-refractivity contribution < 1.29 is 14.3 Å². The molecule has 0 spiro atoms. The fourth-order valence-electron chi connectivity index (χ4n) is 2.95. The van der Waals surface area contributed by atoms with Gasteiger partial charge in [0.15, 0.2) is 0 Å². The predicted octanol–water partition coefficient (Wildman–Crippen LogP) is 3.96. The quantitative estimate of drug-likeness (QED) is 0.719. The van der Waals surface area contributed by atoms with Crippen molar-refractivity contribution in [3.8, 4) is 5.75 Å². The summed E-state index contributed by atoms with van der Waals surface area (Å²) < 4.78 is 5.56. The second-order valence-electron chi connectivity index (χ2n) is 6.35. The summed E-state index contributed by atoms with van der Waals surface area (Å²) in [6.45, 7) is 5.08. The molecule has 5 nitrogen and oxygen atoms in total. The summed E-state index contributed by atoms with van der Waals surface area (Å²) in [5.41, 5.74) is 0.896. The maximum absolute atomic E-state index is 12.6. The van der Waals surface area contributed by atoms with Crippen LogP contribution in [0.4, 0.5) is 4.79 Å². The van der Waals surface area contributed by atoms with Crippen LogP contribution < -0.4 is 4.74 Å². The average molecular weight is 360 g/mol. The van der Waals surface area contributed by atoms with Crippen LogP contribution >= 0.6 is 11.8 Å². The third-order valence-corrected chi connectivity index (χ3v) is 5.22. The van der Waals surface area contributed by atoms with Gasteiger partial charge in [0.05, 0.1) is 18.2 Å². The molecule has 0 bridgehead atoms. The van der Waals surface area contributed by atoms with Crippen molar-refractivity contribution in [3.05, 3.63) is 34.7 Å². The largest absolute Gasteiger partial charge is 0.494 e. The van der Waals surface area contributed by atoms with Crippen LogP contribution in [0.3, 0.4) is 0 Å². The van der Waals surface area contributed by atoms with E-state index in [9.17, 15) is 9.59 Å². The number of rotatable bonds is 6. The molecule has 0 atom stereocenters. The second-order valence-corrected chi connectivity index (χ2v) is 7.34. The molecule has 0 unspecified atom stereocenters. The Kier molecular flexibility index (Phi) is 6.15. The van der Waals surface area contributed by atoms with Crippen molar-refractivity contribution in [1.29, 1.82) is 0 Å². The first-order chi connectivity index (χ1) is 12.2. The summed E-state index contributed by atoms with van der Waals surface area (Å²) in [7, 11) is 0. The van der Waals surface area contributed by atoms with Crippen molar-refractivity contribution in [2.24, 2.45) is 0 Å². The van der Waals surface area contributed by atoms with Gasteiger partial charge < -0.3 is 4.74 Å². The number of carbonyl (C=O) groups excluding carboxylic acids is 2. The second kappa shape index (κ2) is 8.54. The molecule has 3 rings (SSSR count). The van der Waals surface area contributed by atoms with Crippen LogP contribution in [0.1, 0.15) is 38.2 Å². The van der Waals surface area contributed by atoms with Gasteiger partial charge in [-0.1, -0.05) is 25.5 Å². The Hall–Kier alpha value is -1.79. The van der Waals surface area contributed by atoms with Gasteiger partial charge in [0.2, 0.25) is 0 Å². The smallest absolute Gasteiger partial charge is 0.294 e. The summed E-state index contributed by atoms with van der Waals surface area (Å²) in [5, 5.41) is -0.176. The molecule has 1 aromatic rings. The first kappa shape index (κ1) is 18.0. The zero-order valence-corrected chi connectivity index (χ0v) is 15.4. The summed E-state index contributed by atoms with van der Waals surface area (Å²) in [6.07, 6.45) is 6.25. The molecule has 2 saturated heterocycles. The van der Waals surface area contributed by atoms with E-state index in [4.69, 9.17) is 4.74 Å². The molecule has 134 valence electrons. The minimum Gasteiger partial charge on any atom is -0.494 e. The van der Waals surface area contributed by atoms with Crippen LogP contribution in [0.2, 0.25) is 0 Å². The maximum Gasteiger partial charge on any atom is 0.294 e. The molecular formula is C19H24N2O3S. The lowest BCUT2D eigenvalue weighted by Crippen LogP contribution is -2.42. The van der Waals surface area contributed by atoms with Gasteiger partial charge in [0, 0.05) is 0 Å². The molecule has 2 amide bonds. The van der Waals surface area contributed by atoms with E-state index >= 15 is 0 Å². The zero-order valence-electron chi connectivity index (χ0n) is 14.6. The minimum absolute atomic E-state index is 0.176. The van der Waals surface area contributed by atoms with E-state index in [1.807, 2.05) is 24.3 Å². The zero-order chi connectivity index (χ0) is 17.6. The number of ether oxygens (including phenoxy) is 1. The Bertz CT molecular complexity index is 651. The highest BCUT2D eigenvalue weighted by Gasteiger charge is 2.36. The maximum atomic E-state index is 12.6. The molecule has 25 heavy (non-hydrogen) atoms. The van der Waals surface area contributed by atoms with Gasteiger partial charge in [-0.2, -0.15) is 0 Å². The fourth-order valence-corrected chi connectivity index (χ4v) is 3.79. The van der Waals surface area contributed by atoms with E-state index in [1.54, 1.807) is 6.08 Å². The molecule has 1 aromatic carbocycles. The molecule has 0 N–H and O–H groups in total. The number of hydrogen-bond acceptors (Lipinski definition) is 5. The van der Waals surface area contributed by atoms with E-state index < -0.39 is 0 Å². The van der Waals surface area contributed by atoms with Crippen molar-refractivity contribution in [1.82, 2.24) is 9.80 Å². The van der Waals surface area contributed by atoms with E-state index in [1.165, 1.54) is 11.3 Å². The number of amides is 2. The summed E-state index contributed by atoms with van der Waals surface area (Å²) in [6, 6.07) is 7.59. The summed E-state index contributed by atoms with van der Waals surface area (Å²) in [5.74, 6) is 0.629. The third kappa shape index (κ3) is 4.64. The molecule has 0 aromatic heterocycles. The van der Waals surface area contributed by atoms with Crippen LogP contribution in [0.25, 0.3) is 6.08 Å². The van der Waals surface area contributed by atoms with Crippen LogP contribution in [0, 0.1) is 0 Å². The molecule has 2 heterocycles. The van der Waals surface area contributed by atoms with Gasteiger partial charge in [-0.25, -0.2) is 0 Å². The van der Waals surface area contributed by atoms with Crippen LogP contribution in [0.15, 0.2) is 29.2 Å². The lowest BCUT2D eigenvalue weighted by Gasteiger charge is -2.29. The van der Waals surface area contributed by atoms with Gasteiger partial charge in [-0.3, -0.25) is 19.4 Å². The number of thioether (sulfide) groups is 1. The van der Waals surface area contributed by atoms with Crippen LogP contribution in [0.5, 0.6) is 5.75 Å². The normalized spacial score (nSPS) is 20.5. The lowest BCUT2D eigenvalue weighted by atomic mass is 10.1. The van der Waals surface area contributed by atoms with Crippen molar-refractivity contribution in [2.45, 2.75) is 32.6 Å². The number of benzene rings is 1. The van der Waals surface area contributed by atoms with Crippen molar-refractivity contribution >= 4 is 29.0 Å².